The molecule has 0 aromatic heterocycles. The zero-order chi connectivity index (χ0) is 16.1. The van der Waals surface area contributed by atoms with Crippen LogP contribution in [0.25, 0.3) is 6.08 Å². The molecule has 4 nitrogen and oxygen atoms in total. The maximum absolute atomic E-state index is 11.9. The Morgan fingerprint density at radius 1 is 1.24 bits per heavy atom. The summed E-state index contributed by atoms with van der Waals surface area (Å²) in [6.45, 7) is 5.03. The third-order valence-corrected chi connectivity index (χ3v) is 5.76. The lowest BCUT2D eigenvalue weighted by Crippen LogP contribution is -2.36. The first-order valence-electron chi connectivity index (χ1n) is 6.55. The van der Waals surface area contributed by atoms with Gasteiger partial charge in [-0.15, -0.1) is 0 Å². The summed E-state index contributed by atoms with van der Waals surface area (Å²) in [7, 11) is -3.22. The molecule has 0 heterocycles. The van der Waals surface area contributed by atoms with Crippen molar-refractivity contribution in [2.45, 2.75) is 25.5 Å². The van der Waals surface area contributed by atoms with Gasteiger partial charge in [0, 0.05) is 17.6 Å². The number of halogens is 1. The molecule has 0 aliphatic heterocycles. The van der Waals surface area contributed by atoms with E-state index in [9.17, 15) is 13.2 Å². The predicted molar refractivity (Wildman–Crippen MR) is 87.0 cm³/mol. The predicted octanol–water partition coefficient (Wildman–Crippen LogP) is 2.68. The molecule has 116 valence electrons. The Bertz CT molecular complexity index is 613. The molecule has 0 saturated carbocycles. The fourth-order valence-electron chi connectivity index (χ4n) is 1.42. The van der Waals surface area contributed by atoms with E-state index >= 15 is 0 Å². The van der Waals surface area contributed by atoms with Gasteiger partial charge in [-0.25, -0.2) is 8.42 Å². The molecule has 0 radical (unpaired) electrons. The van der Waals surface area contributed by atoms with E-state index in [2.05, 4.69) is 5.32 Å². The smallest absolute Gasteiger partial charge is 0.244 e. The van der Waals surface area contributed by atoms with Gasteiger partial charge < -0.3 is 5.32 Å². The van der Waals surface area contributed by atoms with Gasteiger partial charge in [0.2, 0.25) is 5.91 Å². The summed E-state index contributed by atoms with van der Waals surface area (Å²) in [6, 6.07) is 7.04. The van der Waals surface area contributed by atoms with E-state index in [4.69, 9.17) is 11.6 Å². The van der Waals surface area contributed by atoms with Crippen LogP contribution in [-0.4, -0.2) is 31.4 Å². The van der Waals surface area contributed by atoms with Crippen molar-refractivity contribution in [2.75, 3.05) is 12.3 Å². The van der Waals surface area contributed by atoms with Gasteiger partial charge >= 0.3 is 0 Å². The van der Waals surface area contributed by atoms with Crippen molar-refractivity contribution in [2.24, 2.45) is 0 Å². The summed E-state index contributed by atoms with van der Waals surface area (Å²) in [5, 5.41) is 3.19. The van der Waals surface area contributed by atoms with E-state index in [0.717, 1.165) is 5.56 Å². The maximum Gasteiger partial charge on any atom is 0.244 e. The molecule has 0 atom stereocenters. The summed E-state index contributed by atoms with van der Waals surface area (Å²) in [6.07, 6.45) is 3.01. The number of carbonyl (C=O) groups excluding carboxylic acids is 1. The van der Waals surface area contributed by atoms with E-state index in [1.54, 1.807) is 51.1 Å². The molecule has 1 rings (SSSR count). The number of rotatable bonds is 5. The van der Waals surface area contributed by atoms with Gasteiger partial charge in [-0.05, 0) is 44.5 Å². The Morgan fingerprint density at radius 2 is 1.81 bits per heavy atom. The maximum atomic E-state index is 11.9. The van der Waals surface area contributed by atoms with Crippen molar-refractivity contribution in [3.05, 3.63) is 40.9 Å². The lowest BCUT2D eigenvalue weighted by atomic mass is 10.2. The number of nitrogens with one attached hydrogen (secondary N) is 1. The molecule has 1 amide bonds. The summed E-state index contributed by atoms with van der Waals surface area (Å²) >= 11 is 5.76. The number of hydrogen-bond acceptors (Lipinski definition) is 3. The average molecular weight is 330 g/mol. The molecule has 0 bridgehead atoms. The Kier molecular flexibility index (Phi) is 5.98. The third kappa shape index (κ3) is 5.89. The van der Waals surface area contributed by atoms with Crippen LogP contribution < -0.4 is 5.32 Å². The average Bonchev–Trinajstić information content (AvgIpc) is 2.36. The lowest BCUT2D eigenvalue weighted by Gasteiger charge is -2.18. The number of hydrogen-bond donors (Lipinski definition) is 1. The minimum absolute atomic E-state index is 0.0724. The van der Waals surface area contributed by atoms with Gasteiger partial charge in [0.15, 0.2) is 9.84 Å². The SMILES string of the molecule is CC(C)(C)S(=O)(=O)CCNC(=O)/C=C\c1ccc(Cl)cc1. The second-order valence-electron chi connectivity index (χ2n) is 5.61. The molecule has 0 unspecified atom stereocenters. The number of carbonyl (C=O) groups is 1. The summed E-state index contributed by atoms with van der Waals surface area (Å²) < 4.78 is 22.9. The van der Waals surface area contributed by atoms with Crippen molar-refractivity contribution in [3.8, 4) is 0 Å². The summed E-state index contributed by atoms with van der Waals surface area (Å²) in [4.78, 5) is 11.6. The monoisotopic (exact) mass is 329 g/mol. The summed E-state index contributed by atoms with van der Waals surface area (Å²) in [5.41, 5.74) is 0.844. The van der Waals surface area contributed by atoms with Crippen LogP contribution in [0.5, 0.6) is 0 Å². The molecule has 6 heteroatoms. The van der Waals surface area contributed by atoms with Crippen LogP contribution in [0.1, 0.15) is 26.3 Å². The number of amides is 1. The Labute approximate surface area is 131 Å². The Hall–Kier alpha value is -1.33. The second kappa shape index (κ2) is 7.09. The highest BCUT2D eigenvalue weighted by atomic mass is 35.5. The number of benzene rings is 1. The van der Waals surface area contributed by atoms with Crippen LogP contribution in [-0.2, 0) is 14.6 Å². The largest absolute Gasteiger partial charge is 0.352 e. The molecule has 0 fully saturated rings. The van der Waals surface area contributed by atoms with E-state index in [-0.39, 0.29) is 18.2 Å². The quantitative estimate of drug-likeness (QED) is 0.845. The minimum atomic E-state index is -3.22. The fourth-order valence-corrected chi connectivity index (χ4v) is 2.53. The first-order chi connectivity index (χ1) is 9.62. The Morgan fingerprint density at radius 3 is 2.33 bits per heavy atom. The molecule has 1 N–H and O–H groups in total. The molecular weight excluding hydrogens is 310 g/mol. The van der Waals surface area contributed by atoms with E-state index in [1.165, 1.54) is 6.08 Å². The zero-order valence-electron chi connectivity index (χ0n) is 12.4. The van der Waals surface area contributed by atoms with Crippen molar-refractivity contribution in [1.29, 1.82) is 0 Å². The van der Waals surface area contributed by atoms with Crippen LogP contribution in [0.15, 0.2) is 30.3 Å². The van der Waals surface area contributed by atoms with E-state index < -0.39 is 14.6 Å². The van der Waals surface area contributed by atoms with Crippen LogP contribution in [0, 0.1) is 0 Å². The van der Waals surface area contributed by atoms with Gasteiger partial charge in [-0.3, -0.25) is 4.79 Å². The highest BCUT2D eigenvalue weighted by Gasteiger charge is 2.28. The zero-order valence-corrected chi connectivity index (χ0v) is 14.0. The second-order valence-corrected chi connectivity index (χ2v) is 8.91. The first kappa shape index (κ1) is 17.7. The van der Waals surface area contributed by atoms with Crippen molar-refractivity contribution in [1.82, 2.24) is 5.32 Å². The van der Waals surface area contributed by atoms with Crippen LogP contribution in [0.4, 0.5) is 0 Å². The molecule has 0 saturated heterocycles. The van der Waals surface area contributed by atoms with Crippen LogP contribution in [0.2, 0.25) is 5.02 Å². The molecule has 1 aromatic carbocycles. The van der Waals surface area contributed by atoms with Gasteiger partial charge in [-0.1, -0.05) is 23.7 Å². The van der Waals surface area contributed by atoms with Crippen molar-refractivity contribution >= 4 is 33.4 Å². The highest BCUT2D eigenvalue weighted by Crippen LogP contribution is 2.15. The fraction of sp³-hybridized carbons (Fsp3) is 0.400. The van der Waals surface area contributed by atoms with Gasteiger partial charge in [0.25, 0.3) is 0 Å². The van der Waals surface area contributed by atoms with E-state index in [0.29, 0.717) is 5.02 Å². The van der Waals surface area contributed by atoms with Crippen molar-refractivity contribution < 1.29 is 13.2 Å². The van der Waals surface area contributed by atoms with Gasteiger partial charge in [-0.2, -0.15) is 0 Å². The van der Waals surface area contributed by atoms with Gasteiger partial charge in [0.05, 0.1) is 10.5 Å². The van der Waals surface area contributed by atoms with Gasteiger partial charge in [0.1, 0.15) is 0 Å². The molecule has 21 heavy (non-hydrogen) atoms. The third-order valence-electron chi connectivity index (χ3n) is 2.90. The molecule has 0 spiro atoms. The van der Waals surface area contributed by atoms with E-state index in [1.807, 2.05) is 0 Å². The molecule has 0 aliphatic rings. The standard InChI is InChI=1S/C15H20ClNO3S/c1-15(2,3)21(19,20)11-10-17-14(18)9-6-12-4-7-13(16)8-5-12/h4-9H,10-11H2,1-3H3,(H,17,18)/b9-6-. The van der Waals surface area contributed by atoms with Crippen LogP contribution >= 0.6 is 11.6 Å². The molecule has 1 aromatic rings. The minimum Gasteiger partial charge on any atom is -0.352 e. The molecular formula is C15H20ClNO3S. The molecule has 0 aliphatic carbocycles. The Balaban J connectivity index is 2.47. The highest BCUT2D eigenvalue weighted by molar-refractivity contribution is 7.92. The lowest BCUT2D eigenvalue weighted by molar-refractivity contribution is -0.116. The van der Waals surface area contributed by atoms with Crippen molar-refractivity contribution in [3.63, 3.8) is 0 Å². The summed E-state index contributed by atoms with van der Waals surface area (Å²) in [5.74, 6) is -0.397. The first-order valence-corrected chi connectivity index (χ1v) is 8.59. The number of sulfone groups is 1. The van der Waals surface area contributed by atoms with Crippen LogP contribution in [0.3, 0.4) is 0 Å². The topological polar surface area (TPSA) is 63.2 Å². The normalized spacial score (nSPS) is 12.6.